The van der Waals surface area contributed by atoms with Gasteiger partial charge in [0.25, 0.3) is 0 Å². The summed E-state index contributed by atoms with van der Waals surface area (Å²) in [5.41, 5.74) is 0.909. The smallest absolute Gasteiger partial charge is 0.143 e. The second kappa shape index (κ2) is 6.74. The van der Waals surface area contributed by atoms with Crippen molar-refractivity contribution in [1.82, 2.24) is 0 Å². The average Bonchev–Trinajstić information content (AvgIpc) is 2.38. The molecule has 1 rings (SSSR count). The summed E-state index contributed by atoms with van der Waals surface area (Å²) in [5.74, 6) is 1.96. The Bertz CT molecular complexity index is 396. The number of nitrogens with one attached hydrogen (secondary N) is 1. The molecule has 0 aliphatic carbocycles. The minimum atomic E-state index is 0.356. The molecule has 0 radical (unpaired) electrons. The highest BCUT2D eigenvalue weighted by Gasteiger charge is 2.15. The molecule has 18 heavy (non-hydrogen) atoms. The van der Waals surface area contributed by atoms with Crippen molar-refractivity contribution in [1.29, 1.82) is 0 Å². The van der Waals surface area contributed by atoms with Crippen molar-refractivity contribution >= 4 is 17.3 Å². The fourth-order valence-corrected chi connectivity index (χ4v) is 1.95. The molecule has 0 aliphatic rings. The van der Waals surface area contributed by atoms with Crippen LogP contribution in [0.15, 0.2) is 12.1 Å². The summed E-state index contributed by atoms with van der Waals surface area (Å²) in [6.45, 7) is 6.56. The standard InChI is InChI=1S/C14H22ClNO2/c1-6-9(2)10(3)16-12-8-13(17-4)11(15)7-14(12)18-5/h7-10,16H,6H2,1-5H3. The predicted molar refractivity (Wildman–Crippen MR) is 77.1 cm³/mol. The summed E-state index contributed by atoms with van der Waals surface area (Å²) >= 11 is 6.07. The van der Waals surface area contributed by atoms with Gasteiger partial charge < -0.3 is 14.8 Å². The van der Waals surface area contributed by atoms with E-state index >= 15 is 0 Å². The van der Waals surface area contributed by atoms with Crippen LogP contribution in [0.2, 0.25) is 5.02 Å². The van der Waals surface area contributed by atoms with Crippen LogP contribution in [-0.2, 0) is 0 Å². The van der Waals surface area contributed by atoms with Gasteiger partial charge in [-0.1, -0.05) is 31.9 Å². The Morgan fingerprint density at radius 2 is 1.78 bits per heavy atom. The van der Waals surface area contributed by atoms with Gasteiger partial charge in [-0.2, -0.15) is 0 Å². The third-order valence-corrected chi connectivity index (χ3v) is 3.65. The monoisotopic (exact) mass is 271 g/mol. The Morgan fingerprint density at radius 1 is 1.17 bits per heavy atom. The van der Waals surface area contributed by atoms with E-state index in [4.69, 9.17) is 21.1 Å². The van der Waals surface area contributed by atoms with Gasteiger partial charge in [0.1, 0.15) is 11.5 Å². The van der Waals surface area contributed by atoms with Crippen molar-refractivity contribution in [2.75, 3.05) is 19.5 Å². The number of anilines is 1. The van der Waals surface area contributed by atoms with Gasteiger partial charge in [0.2, 0.25) is 0 Å². The molecular weight excluding hydrogens is 250 g/mol. The average molecular weight is 272 g/mol. The van der Waals surface area contributed by atoms with Crippen LogP contribution in [0.25, 0.3) is 0 Å². The van der Waals surface area contributed by atoms with Crippen LogP contribution in [-0.4, -0.2) is 20.3 Å². The molecule has 1 aromatic carbocycles. The molecule has 0 aromatic heterocycles. The Kier molecular flexibility index (Phi) is 5.60. The van der Waals surface area contributed by atoms with Crippen LogP contribution in [0.4, 0.5) is 5.69 Å². The van der Waals surface area contributed by atoms with Crippen LogP contribution in [0.3, 0.4) is 0 Å². The Balaban J connectivity index is 2.99. The Morgan fingerprint density at radius 3 is 2.28 bits per heavy atom. The van der Waals surface area contributed by atoms with Crippen LogP contribution < -0.4 is 14.8 Å². The number of rotatable bonds is 6. The maximum Gasteiger partial charge on any atom is 0.143 e. The van der Waals surface area contributed by atoms with E-state index in [0.29, 0.717) is 22.7 Å². The lowest BCUT2D eigenvalue weighted by Crippen LogP contribution is -2.23. The highest BCUT2D eigenvalue weighted by atomic mass is 35.5. The SMILES string of the molecule is CCC(C)C(C)Nc1cc(OC)c(Cl)cc1OC. The van der Waals surface area contributed by atoms with E-state index in [9.17, 15) is 0 Å². The minimum Gasteiger partial charge on any atom is -0.495 e. The molecule has 0 bridgehead atoms. The summed E-state index contributed by atoms with van der Waals surface area (Å²) < 4.78 is 10.6. The maximum atomic E-state index is 6.07. The van der Waals surface area contributed by atoms with Gasteiger partial charge in [0, 0.05) is 18.2 Å². The van der Waals surface area contributed by atoms with Crippen molar-refractivity contribution in [2.45, 2.75) is 33.2 Å². The van der Waals surface area contributed by atoms with Crippen LogP contribution in [0.1, 0.15) is 27.2 Å². The number of ether oxygens (including phenoxy) is 2. The van der Waals surface area contributed by atoms with E-state index in [-0.39, 0.29) is 0 Å². The summed E-state index contributed by atoms with van der Waals surface area (Å²) in [6, 6.07) is 4.00. The fraction of sp³-hybridized carbons (Fsp3) is 0.571. The van der Waals surface area contributed by atoms with E-state index in [2.05, 4.69) is 26.1 Å². The molecule has 0 heterocycles. The first-order valence-electron chi connectivity index (χ1n) is 6.21. The largest absolute Gasteiger partial charge is 0.495 e. The maximum absolute atomic E-state index is 6.07. The topological polar surface area (TPSA) is 30.5 Å². The lowest BCUT2D eigenvalue weighted by Gasteiger charge is -2.23. The molecule has 1 N–H and O–H groups in total. The molecule has 1 aromatic rings. The zero-order chi connectivity index (χ0) is 13.7. The lowest BCUT2D eigenvalue weighted by molar-refractivity contribution is 0.403. The van der Waals surface area contributed by atoms with E-state index < -0.39 is 0 Å². The van der Waals surface area contributed by atoms with Crippen molar-refractivity contribution in [3.8, 4) is 11.5 Å². The molecule has 0 amide bonds. The van der Waals surface area contributed by atoms with E-state index in [1.165, 1.54) is 0 Å². The number of hydrogen-bond acceptors (Lipinski definition) is 3. The fourth-order valence-electron chi connectivity index (χ4n) is 1.71. The molecule has 0 fully saturated rings. The highest BCUT2D eigenvalue weighted by molar-refractivity contribution is 6.32. The molecule has 0 aliphatic heterocycles. The van der Waals surface area contributed by atoms with Gasteiger partial charge >= 0.3 is 0 Å². The van der Waals surface area contributed by atoms with Crippen molar-refractivity contribution in [3.63, 3.8) is 0 Å². The Labute approximate surface area is 114 Å². The molecule has 3 nitrogen and oxygen atoms in total. The first-order valence-corrected chi connectivity index (χ1v) is 6.59. The normalized spacial score (nSPS) is 13.9. The minimum absolute atomic E-state index is 0.356. The number of hydrogen-bond donors (Lipinski definition) is 1. The number of halogens is 1. The third-order valence-electron chi connectivity index (χ3n) is 3.35. The quantitative estimate of drug-likeness (QED) is 0.841. The third kappa shape index (κ3) is 3.45. The molecule has 2 atom stereocenters. The van der Waals surface area contributed by atoms with Crippen molar-refractivity contribution < 1.29 is 9.47 Å². The molecule has 102 valence electrons. The highest BCUT2D eigenvalue weighted by Crippen LogP contribution is 2.36. The molecule has 0 saturated carbocycles. The second-order valence-corrected chi connectivity index (χ2v) is 4.91. The Hall–Kier alpha value is -1.09. The van der Waals surface area contributed by atoms with Gasteiger partial charge in [-0.3, -0.25) is 0 Å². The first-order chi connectivity index (χ1) is 8.53. The predicted octanol–water partition coefficient (Wildman–Crippen LogP) is 4.20. The van der Waals surface area contributed by atoms with Gasteiger partial charge in [-0.05, 0) is 12.8 Å². The first kappa shape index (κ1) is 15.0. The van der Waals surface area contributed by atoms with Gasteiger partial charge in [-0.15, -0.1) is 0 Å². The van der Waals surface area contributed by atoms with Gasteiger partial charge in [0.15, 0.2) is 0 Å². The summed E-state index contributed by atoms with van der Waals surface area (Å²) in [7, 11) is 3.24. The summed E-state index contributed by atoms with van der Waals surface area (Å²) in [5, 5.41) is 4.00. The summed E-state index contributed by atoms with van der Waals surface area (Å²) in [4.78, 5) is 0. The van der Waals surface area contributed by atoms with E-state index in [1.54, 1.807) is 20.3 Å². The molecule has 2 unspecified atom stereocenters. The van der Waals surface area contributed by atoms with Crippen molar-refractivity contribution in [3.05, 3.63) is 17.2 Å². The van der Waals surface area contributed by atoms with E-state index in [0.717, 1.165) is 17.9 Å². The molecule has 0 spiro atoms. The second-order valence-electron chi connectivity index (χ2n) is 4.51. The molecule has 4 heteroatoms. The lowest BCUT2D eigenvalue weighted by atomic mass is 10.0. The van der Waals surface area contributed by atoms with Crippen LogP contribution in [0.5, 0.6) is 11.5 Å². The molecular formula is C14H22ClNO2. The number of methoxy groups -OCH3 is 2. The zero-order valence-electron chi connectivity index (χ0n) is 11.7. The van der Waals surface area contributed by atoms with Crippen LogP contribution >= 0.6 is 11.6 Å². The van der Waals surface area contributed by atoms with Crippen molar-refractivity contribution in [2.24, 2.45) is 5.92 Å². The molecule has 0 saturated heterocycles. The summed E-state index contributed by atoms with van der Waals surface area (Å²) in [6.07, 6.45) is 1.13. The van der Waals surface area contributed by atoms with Gasteiger partial charge in [0.05, 0.1) is 24.9 Å². The van der Waals surface area contributed by atoms with Crippen LogP contribution in [0, 0.1) is 5.92 Å². The zero-order valence-corrected chi connectivity index (χ0v) is 12.5. The number of benzene rings is 1. The van der Waals surface area contributed by atoms with E-state index in [1.807, 2.05) is 6.07 Å². The van der Waals surface area contributed by atoms with Gasteiger partial charge in [-0.25, -0.2) is 0 Å².